The summed E-state index contributed by atoms with van der Waals surface area (Å²) in [6, 6.07) is 3.52. The van der Waals surface area contributed by atoms with Crippen molar-refractivity contribution >= 4 is 12.1 Å². The Morgan fingerprint density at radius 1 is 1.53 bits per heavy atom. The Balaban J connectivity index is 1.92. The van der Waals surface area contributed by atoms with E-state index in [2.05, 4.69) is 20.5 Å². The second-order valence-corrected chi connectivity index (χ2v) is 3.40. The largest absolute Gasteiger partial charge is 0.464 e. The monoisotopic (exact) mass is 260 g/mol. The number of hydrogen-bond acceptors (Lipinski definition) is 6. The van der Waals surface area contributed by atoms with Crippen molar-refractivity contribution in [2.45, 2.75) is 6.92 Å². The molecule has 2 rings (SSSR count). The Kier molecular flexibility index (Phi) is 4.22. The lowest BCUT2D eigenvalue weighted by molar-refractivity contribution is 0.0912. The highest BCUT2D eigenvalue weighted by atomic mass is 16.6. The van der Waals surface area contributed by atoms with Crippen LogP contribution in [0.4, 0.5) is 0 Å². The number of rotatable bonds is 5. The van der Waals surface area contributed by atoms with E-state index in [1.165, 1.54) is 12.4 Å². The standard InChI is InChI=1S/C12H12N4O3/c1-2-18-10-8-14-12(19-10)11(17)16-15-7-9-3-5-13-6-4-9/h3-8H,2H2,1H3,(H,16,17). The van der Waals surface area contributed by atoms with Crippen molar-refractivity contribution in [2.75, 3.05) is 6.61 Å². The molecule has 7 nitrogen and oxygen atoms in total. The van der Waals surface area contributed by atoms with Crippen molar-refractivity contribution in [1.29, 1.82) is 0 Å². The average Bonchev–Trinajstić information content (AvgIpc) is 2.89. The van der Waals surface area contributed by atoms with Crippen LogP contribution in [0.3, 0.4) is 0 Å². The zero-order chi connectivity index (χ0) is 13.5. The third-order valence-electron chi connectivity index (χ3n) is 2.05. The minimum Gasteiger partial charge on any atom is -0.464 e. The molecule has 0 radical (unpaired) electrons. The summed E-state index contributed by atoms with van der Waals surface area (Å²) < 4.78 is 10.1. The zero-order valence-corrected chi connectivity index (χ0v) is 10.2. The molecule has 0 aliphatic heterocycles. The molecule has 0 spiro atoms. The van der Waals surface area contributed by atoms with Crippen molar-refractivity contribution in [1.82, 2.24) is 15.4 Å². The topological polar surface area (TPSA) is 89.6 Å². The summed E-state index contributed by atoms with van der Waals surface area (Å²) in [4.78, 5) is 19.2. The number of pyridine rings is 1. The molecule has 0 unspecified atom stereocenters. The zero-order valence-electron chi connectivity index (χ0n) is 10.2. The van der Waals surface area contributed by atoms with E-state index >= 15 is 0 Å². The number of carbonyl (C=O) groups excluding carboxylic acids is 1. The van der Waals surface area contributed by atoms with Crippen LogP contribution in [-0.4, -0.2) is 28.7 Å². The molecule has 0 fully saturated rings. The van der Waals surface area contributed by atoms with Crippen LogP contribution >= 0.6 is 0 Å². The molecule has 0 saturated carbocycles. The van der Waals surface area contributed by atoms with Gasteiger partial charge in [0.05, 0.1) is 12.8 Å². The van der Waals surface area contributed by atoms with Gasteiger partial charge in [-0.3, -0.25) is 9.78 Å². The maximum absolute atomic E-state index is 11.6. The van der Waals surface area contributed by atoms with E-state index < -0.39 is 5.91 Å². The fourth-order valence-corrected chi connectivity index (χ4v) is 1.24. The first kappa shape index (κ1) is 12.7. The summed E-state index contributed by atoms with van der Waals surface area (Å²) in [6.45, 7) is 2.25. The first-order chi connectivity index (χ1) is 9.29. The van der Waals surface area contributed by atoms with E-state index in [-0.39, 0.29) is 11.8 Å². The van der Waals surface area contributed by atoms with Crippen molar-refractivity contribution in [3.05, 3.63) is 42.2 Å². The van der Waals surface area contributed by atoms with Crippen LogP contribution < -0.4 is 10.2 Å². The highest BCUT2D eigenvalue weighted by Crippen LogP contribution is 2.11. The summed E-state index contributed by atoms with van der Waals surface area (Å²) in [7, 11) is 0. The predicted octanol–water partition coefficient (Wildman–Crippen LogP) is 1.23. The van der Waals surface area contributed by atoms with Gasteiger partial charge in [-0.25, -0.2) is 10.4 Å². The summed E-state index contributed by atoms with van der Waals surface area (Å²) in [5.74, 6) is -0.447. The molecule has 2 heterocycles. The first-order valence-electron chi connectivity index (χ1n) is 5.61. The van der Waals surface area contributed by atoms with E-state index in [9.17, 15) is 4.79 Å². The number of carbonyl (C=O) groups is 1. The molecule has 0 aromatic carbocycles. The molecule has 0 saturated heterocycles. The van der Waals surface area contributed by atoms with Gasteiger partial charge in [-0.2, -0.15) is 5.10 Å². The predicted molar refractivity (Wildman–Crippen MR) is 67.0 cm³/mol. The van der Waals surface area contributed by atoms with Gasteiger partial charge < -0.3 is 9.15 Å². The minimum absolute atomic E-state index is 0.102. The van der Waals surface area contributed by atoms with E-state index in [4.69, 9.17) is 9.15 Å². The van der Waals surface area contributed by atoms with Crippen LogP contribution in [0.25, 0.3) is 0 Å². The van der Waals surface area contributed by atoms with E-state index in [0.29, 0.717) is 6.61 Å². The van der Waals surface area contributed by atoms with Gasteiger partial charge in [-0.15, -0.1) is 0 Å². The molecular weight excluding hydrogens is 248 g/mol. The van der Waals surface area contributed by atoms with Gasteiger partial charge in [-0.05, 0) is 24.6 Å². The van der Waals surface area contributed by atoms with E-state index in [1.54, 1.807) is 31.5 Å². The molecule has 1 N–H and O–H groups in total. The minimum atomic E-state index is -0.545. The third-order valence-corrected chi connectivity index (χ3v) is 2.05. The van der Waals surface area contributed by atoms with Gasteiger partial charge in [0.15, 0.2) is 0 Å². The molecule has 2 aromatic rings. The van der Waals surface area contributed by atoms with Crippen molar-refractivity contribution < 1.29 is 13.9 Å². The maximum atomic E-state index is 11.6. The molecule has 7 heteroatoms. The van der Waals surface area contributed by atoms with Crippen LogP contribution in [0.15, 0.2) is 40.2 Å². The van der Waals surface area contributed by atoms with Crippen molar-refractivity contribution in [2.24, 2.45) is 5.10 Å². The summed E-state index contributed by atoms with van der Waals surface area (Å²) >= 11 is 0. The highest BCUT2D eigenvalue weighted by molar-refractivity contribution is 5.90. The molecule has 0 bridgehead atoms. The number of amides is 1. The molecular formula is C12H12N4O3. The first-order valence-corrected chi connectivity index (χ1v) is 5.61. The van der Waals surface area contributed by atoms with Crippen molar-refractivity contribution in [3.63, 3.8) is 0 Å². The van der Waals surface area contributed by atoms with Gasteiger partial charge in [0.1, 0.15) is 6.20 Å². The number of ether oxygens (including phenoxy) is 1. The van der Waals surface area contributed by atoms with E-state index in [0.717, 1.165) is 5.56 Å². The molecule has 0 atom stereocenters. The molecule has 1 amide bonds. The maximum Gasteiger partial charge on any atom is 0.327 e. The van der Waals surface area contributed by atoms with Crippen LogP contribution in [-0.2, 0) is 0 Å². The quantitative estimate of drug-likeness (QED) is 0.645. The highest BCUT2D eigenvalue weighted by Gasteiger charge is 2.12. The van der Waals surface area contributed by atoms with Crippen LogP contribution in [0.2, 0.25) is 0 Å². The Labute approximate surface area is 109 Å². The molecule has 0 aliphatic carbocycles. The van der Waals surface area contributed by atoms with Crippen molar-refractivity contribution in [3.8, 4) is 5.95 Å². The second-order valence-electron chi connectivity index (χ2n) is 3.40. The number of hydrogen-bond donors (Lipinski definition) is 1. The number of nitrogens with one attached hydrogen (secondary N) is 1. The Bertz CT molecular complexity index is 565. The third kappa shape index (κ3) is 3.63. The second kappa shape index (κ2) is 6.29. The summed E-state index contributed by atoms with van der Waals surface area (Å²) in [6.07, 6.45) is 6.09. The molecule has 2 aromatic heterocycles. The fraction of sp³-hybridized carbons (Fsp3) is 0.167. The normalized spacial score (nSPS) is 10.6. The molecule has 19 heavy (non-hydrogen) atoms. The summed E-state index contributed by atoms with van der Waals surface area (Å²) in [5, 5.41) is 3.78. The number of aromatic nitrogens is 2. The smallest absolute Gasteiger partial charge is 0.327 e. The van der Waals surface area contributed by atoms with Gasteiger partial charge in [-0.1, -0.05) is 0 Å². The van der Waals surface area contributed by atoms with Crippen LogP contribution in [0.5, 0.6) is 5.95 Å². The summed E-state index contributed by atoms with van der Waals surface area (Å²) in [5.41, 5.74) is 3.12. The Morgan fingerprint density at radius 2 is 2.32 bits per heavy atom. The SMILES string of the molecule is CCOc1cnc(C(=O)NN=Cc2ccncc2)o1. The number of nitrogens with zero attached hydrogens (tertiary/aromatic N) is 3. The lowest BCUT2D eigenvalue weighted by Crippen LogP contribution is -2.17. The lowest BCUT2D eigenvalue weighted by Gasteiger charge is -1.95. The fourth-order valence-electron chi connectivity index (χ4n) is 1.24. The number of oxazole rings is 1. The Hall–Kier alpha value is -2.70. The molecule has 0 aliphatic rings. The van der Waals surface area contributed by atoms with Gasteiger partial charge >= 0.3 is 11.9 Å². The van der Waals surface area contributed by atoms with Gasteiger partial charge in [0, 0.05) is 12.4 Å². The Morgan fingerprint density at radius 3 is 3.05 bits per heavy atom. The van der Waals surface area contributed by atoms with Crippen LogP contribution in [0.1, 0.15) is 23.2 Å². The van der Waals surface area contributed by atoms with Gasteiger partial charge in [0.2, 0.25) is 0 Å². The lowest BCUT2D eigenvalue weighted by atomic mass is 10.3. The van der Waals surface area contributed by atoms with Gasteiger partial charge in [0.25, 0.3) is 5.89 Å². The number of hydrazone groups is 1. The molecule has 98 valence electrons. The van der Waals surface area contributed by atoms with E-state index in [1.807, 2.05) is 0 Å². The average molecular weight is 260 g/mol. The van der Waals surface area contributed by atoms with Crippen LogP contribution in [0, 0.1) is 0 Å².